The average Bonchev–Trinajstić information content (AvgIpc) is 3.14. The number of aromatic nitrogens is 3. The van der Waals surface area contributed by atoms with E-state index in [1.807, 2.05) is 18.2 Å². The van der Waals surface area contributed by atoms with E-state index in [0.717, 1.165) is 22.2 Å². The van der Waals surface area contributed by atoms with Gasteiger partial charge in [-0.05, 0) is 37.1 Å². The lowest BCUT2D eigenvalue weighted by Crippen LogP contribution is -2.27. The zero-order valence-corrected chi connectivity index (χ0v) is 17.5. The van der Waals surface area contributed by atoms with Crippen molar-refractivity contribution in [2.24, 2.45) is 0 Å². The van der Waals surface area contributed by atoms with E-state index in [4.69, 9.17) is 0 Å². The minimum atomic E-state index is -0.730. The Labute approximate surface area is 180 Å². The van der Waals surface area contributed by atoms with Crippen molar-refractivity contribution in [3.8, 4) is 5.69 Å². The minimum Gasteiger partial charge on any atom is -0.296 e. The van der Waals surface area contributed by atoms with Gasteiger partial charge in [0.2, 0.25) is 5.43 Å². The Morgan fingerprint density at radius 1 is 1.23 bits per heavy atom. The van der Waals surface area contributed by atoms with E-state index in [2.05, 4.69) is 22.3 Å². The average molecular weight is 435 g/mol. The van der Waals surface area contributed by atoms with Crippen LogP contribution in [0.5, 0.6) is 0 Å². The van der Waals surface area contributed by atoms with Crippen molar-refractivity contribution < 1.29 is 9.72 Å². The molecule has 31 heavy (non-hydrogen) atoms. The zero-order valence-electron chi connectivity index (χ0n) is 16.7. The van der Waals surface area contributed by atoms with Gasteiger partial charge in [0, 0.05) is 17.8 Å². The Kier molecular flexibility index (Phi) is 5.30. The maximum atomic E-state index is 12.8. The molecule has 0 spiro atoms. The fourth-order valence-corrected chi connectivity index (χ4v) is 4.07. The van der Waals surface area contributed by atoms with Gasteiger partial charge in [-0.15, -0.1) is 0 Å². The zero-order chi connectivity index (χ0) is 22.1. The molecule has 4 rings (SSSR count). The number of aryl methyl sites for hydroxylation is 2. The number of hydrogen-bond donors (Lipinski definition) is 1. The number of hydrogen-bond acceptors (Lipinski definition) is 7. The van der Waals surface area contributed by atoms with Crippen molar-refractivity contribution in [1.29, 1.82) is 0 Å². The number of nitrogens with zero attached hydrogens (tertiary/aromatic N) is 4. The topological polar surface area (TPSA) is 120 Å². The Morgan fingerprint density at radius 2 is 2.00 bits per heavy atom. The maximum Gasteiger partial charge on any atom is 0.294 e. The summed E-state index contributed by atoms with van der Waals surface area (Å²) in [6.45, 7) is 3.64. The monoisotopic (exact) mass is 435 g/mol. The molecule has 2 heterocycles. The number of benzene rings is 2. The fraction of sp³-hybridized carbons (Fsp3) is 0.143. The molecule has 1 N–H and O–H groups in total. The van der Waals surface area contributed by atoms with Crippen LogP contribution in [-0.4, -0.2) is 25.6 Å². The molecule has 156 valence electrons. The highest BCUT2D eigenvalue weighted by molar-refractivity contribution is 7.22. The molecule has 9 nitrogen and oxygen atoms in total. The van der Waals surface area contributed by atoms with E-state index in [9.17, 15) is 19.7 Å². The highest BCUT2D eigenvalue weighted by Crippen LogP contribution is 2.27. The molecule has 0 aliphatic carbocycles. The van der Waals surface area contributed by atoms with Crippen LogP contribution >= 0.6 is 11.3 Å². The summed E-state index contributed by atoms with van der Waals surface area (Å²) < 4.78 is 2.14. The minimum absolute atomic E-state index is 0.158. The third-order valence-corrected chi connectivity index (χ3v) is 5.64. The van der Waals surface area contributed by atoms with E-state index < -0.39 is 16.3 Å². The second-order valence-electron chi connectivity index (χ2n) is 6.78. The van der Waals surface area contributed by atoms with Gasteiger partial charge in [-0.25, -0.2) is 9.67 Å². The quantitative estimate of drug-likeness (QED) is 0.375. The van der Waals surface area contributed by atoms with Gasteiger partial charge in [0.05, 0.1) is 15.1 Å². The largest absolute Gasteiger partial charge is 0.296 e. The molecular weight excluding hydrogens is 418 g/mol. The Hall–Kier alpha value is -3.92. The number of fused-ring (bicyclic) bond motifs is 1. The number of anilines is 1. The molecule has 10 heteroatoms. The van der Waals surface area contributed by atoms with Crippen LogP contribution in [0.2, 0.25) is 0 Å². The molecule has 2 aromatic carbocycles. The van der Waals surface area contributed by atoms with Crippen LogP contribution in [0.25, 0.3) is 15.9 Å². The summed E-state index contributed by atoms with van der Waals surface area (Å²) in [5.41, 5.74) is 1.27. The lowest BCUT2D eigenvalue weighted by atomic mass is 10.2. The summed E-state index contributed by atoms with van der Waals surface area (Å²) in [6, 6.07) is 13.1. The lowest BCUT2D eigenvalue weighted by Gasteiger charge is -2.11. The third-order valence-electron chi connectivity index (χ3n) is 4.71. The molecule has 0 bridgehead atoms. The van der Waals surface area contributed by atoms with Gasteiger partial charge in [-0.3, -0.25) is 25.0 Å². The predicted octanol–water partition coefficient (Wildman–Crippen LogP) is 3.87. The molecule has 0 saturated carbocycles. The molecule has 4 aromatic rings. The van der Waals surface area contributed by atoms with Gasteiger partial charge < -0.3 is 0 Å². The highest BCUT2D eigenvalue weighted by Gasteiger charge is 2.21. The molecule has 0 aliphatic heterocycles. The molecule has 0 radical (unpaired) electrons. The fourth-order valence-electron chi connectivity index (χ4n) is 3.14. The van der Waals surface area contributed by atoms with Crippen molar-refractivity contribution in [1.82, 2.24) is 14.8 Å². The van der Waals surface area contributed by atoms with Gasteiger partial charge in [-0.1, -0.05) is 36.5 Å². The number of amides is 1. The van der Waals surface area contributed by atoms with Crippen LogP contribution in [0.15, 0.2) is 53.3 Å². The van der Waals surface area contributed by atoms with Crippen molar-refractivity contribution in [3.63, 3.8) is 0 Å². The Morgan fingerprint density at radius 3 is 2.74 bits per heavy atom. The molecular formula is C21H17N5O4S. The Balaban J connectivity index is 1.72. The van der Waals surface area contributed by atoms with Crippen LogP contribution in [0.1, 0.15) is 28.7 Å². The van der Waals surface area contributed by atoms with Gasteiger partial charge in [-0.2, -0.15) is 5.10 Å². The van der Waals surface area contributed by atoms with Crippen molar-refractivity contribution >= 4 is 38.3 Å². The lowest BCUT2D eigenvalue weighted by molar-refractivity contribution is -0.384. The van der Waals surface area contributed by atoms with Crippen LogP contribution in [-0.2, 0) is 6.42 Å². The number of carbonyl (C=O) groups excluding carboxylic acids is 1. The number of para-hydroxylation sites is 2. The number of nitro groups is 1. The molecule has 0 aliphatic rings. The van der Waals surface area contributed by atoms with Crippen LogP contribution in [0.3, 0.4) is 0 Å². The molecule has 0 unspecified atom stereocenters. The maximum absolute atomic E-state index is 12.8. The van der Waals surface area contributed by atoms with Gasteiger partial charge in [0.1, 0.15) is 5.69 Å². The SMILES string of the molecule is CCc1ccc2nc(NC(=O)c3nn(-c4ccccc4[N+](=O)[O-])c(C)cc3=O)sc2c1. The molecule has 0 fully saturated rings. The van der Waals surface area contributed by atoms with E-state index in [0.29, 0.717) is 10.8 Å². The number of thiazole rings is 1. The number of nitrogens with one attached hydrogen (secondary N) is 1. The molecule has 0 saturated heterocycles. The molecule has 2 aromatic heterocycles. The summed E-state index contributed by atoms with van der Waals surface area (Å²) >= 11 is 1.30. The van der Waals surface area contributed by atoms with Crippen molar-refractivity contribution in [3.05, 3.63) is 85.8 Å². The second-order valence-corrected chi connectivity index (χ2v) is 7.82. The first kappa shape index (κ1) is 20.4. The highest BCUT2D eigenvalue weighted by atomic mass is 32.1. The smallest absolute Gasteiger partial charge is 0.294 e. The number of carbonyl (C=O) groups is 1. The summed E-state index contributed by atoms with van der Waals surface area (Å²) in [4.78, 5) is 40.5. The van der Waals surface area contributed by atoms with Gasteiger partial charge >= 0.3 is 0 Å². The first-order valence-corrected chi connectivity index (χ1v) is 10.2. The van der Waals surface area contributed by atoms with E-state index >= 15 is 0 Å². The number of nitro benzene ring substituents is 1. The first-order valence-electron chi connectivity index (χ1n) is 9.43. The van der Waals surface area contributed by atoms with Crippen molar-refractivity contribution in [2.75, 3.05) is 5.32 Å². The van der Waals surface area contributed by atoms with E-state index in [-0.39, 0.29) is 17.1 Å². The van der Waals surface area contributed by atoms with Crippen LogP contribution in [0.4, 0.5) is 10.8 Å². The Bertz CT molecular complexity index is 1390. The van der Waals surface area contributed by atoms with Gasteiger partial charge in [0.15, 0.2) is 10.8 Å². The summed E-state index contributed by atoms with van der Waals surface area (Å²) in [5.74, 6) is -0.730. The third kappa shape index (κ3) is 3.92. The number of rotatable bonds is 5. The first-order chi connectivity index (χ1) is 14.9. The van der Waals surface area contributed by atoms with E-state index in [1.165, 1.54) is 40.3 Å². The standard InChI is InChI=1S/C21H17N5O4S/c1-3-13-8-9-14-18(11-13)31-21(22-14)23-20(28)19-17(27)10-12(2)25(24-19)15-6-4-5-7-16(15)26(29)30/h4-11H,3H2,1-2H3,(H,22,23,28). The second kappa shape index (κ2) is 8.07. The summed E-state index contributed by atoms with van der Waals surface area (Å²) in [5, 5.41) is 18.5. The molecule has 1 amide bonds. The molecule has 0 atom stereocenters. The van der Waals surface area contributed by atoms with Crippen LogP contribution in [0, 0.1) is 17.0 Å². The van der Waals surface area contributed by atoms with Crippen LogP contribution < -0.4 is 10.7 Å². The van der Waals surface area contributed by atoms with Crippen molar-refractivity contribution in [2.45, 2.75) is 20.3 Å². The summed E-state index contributed by atoms with van der Waals surface area (Å²) in [7, 11) is 0. The van der Waals surface area contributed by atoms with E-state index in [1.54, 1.807) is 13.0 Å². The normalized spacial score (nSPS) is 10.9. The van der Waals surface area contributed by atoms with Gasteiger partial charge in [0.25, 0.3) is 11.6 Å². The predicted molar refractivity (Wildman–Crippen MR) is 118 cm³/mol. The summed E-state index contributed by atoms with van der Waals surface area (Å²) in [6.07, 6.45) is 0.883.